The molecular formula is C19H18N6O2S. The predicted octanol–water partition coefficient (Wildman–Crippen LogP) is 2.64. The summed E-state index contributed by atoms with van der Waals surface area (Å²) in [6.07, 6.45) is 1.84. The molecule has 0 aliphatic carbocycles. The number of nitrogens with one attached hydrogen (secondary N) is 1. The molecule has 0 bridgehead atoms. The van der Waals surface area contributed by atoms with Gasteiger partial charge in [-0.15, -0.1) is 22.0 Å². The topological polar surface area (TPSA) is 98.2 Å². The third-order valence-electron chi connectivity index (χ3n) is 4.05. The number of carbonyl (C=O) groups is 1. The number of hydrogen-bond acceptors (Lipinski definition) is 7. The van der Waals surface area contributed by atoms with Crippen LogP contribution in [0, 0.1) is 6.92 Å². The lowest BCUT2D eigenvalue weighted by Crippen LogP contribution is -2.25. The highest BCUT2D eigenvalue weighted by molar-refractivity contribution is 7.99. The number of hydrogen-bond donors (Lipinski definition) is 1. The molecule has 4 rings (SSSR count). The van der Waals surface area contributed by atoms with Crippen molar-refractivity contribution in [1.29, 1.82) is 0 Å². The Bertz CT molecular complexity index is 1090. The van der Waals surface area contributed by atoms with Crippen LogP contribution >= 0.6 is 11.8 Å². The van der Waals surface area contributed by atoms with E-state index >= 15 is 0 Å². The maximum Gasteiger partial charge on any atom is 0.261 e. The van der Waals surface area contributed by atoms with Gasteiger partial charge in [-0.3, -0.25) is 9.20 Å². The smallest absolute Gasteiger partial charge is 0.261 e. The fourth-order valence-corrected chi connectivity index (χ4v) is 3.54. The fourth-order valence-electron chi connectivity index (χ4n) is 2.72. The molecule has 1 aromatic carbocycles. The van der Waals surface area contributed by atoms with Crippen LogP contribution in [0.25, 0.3) is 17.1 Å². The zero-order chi connectivity index (χ0) is 19.3. The molecule has 0 radical (unpaired) electrons. The standard InChI is InChI=1S/C19H18N6O2S/c1-13-21-19(27-24-13)15-8-5-9-25-16(22-23-18(15)25)10-20-17(26)12-28-11-14-6-3-2-4-7-14/h2-9H,10-12H2,1H3,(H,20,26). The van der Waals surface area contributed by atoms with Gasteiger partial charge in [0.05, 0.1) is 17.9 Å². The summed E-state index contributed by atoms with van der Waals surface area (Å²) in [6.45, 7) is 2.05. The highest BCUT2D eigenvalue weighted by Gasteiger charge is 2.15. The highest BCUT2D eigenvalue weighted by atomic mass is 32.2. The monoisotopic (exact) mass is 394 g/mol. The number of nitrogens with zero attached hydrogens (tertiary/aromatic N) is 5. The lowest BCUT2D eigenvalue weighted by Gasteiger charge is -2.05. The van der Waals surface area contributed by atoms with Crippen LogP contribution in [-0.4, -0.2) is 36.4 Å². The van der Waals surface area contributed by atoms with Crippen molar-refractivity contribution in [2.75, 3.05) is 5.75 Å². The molecule has 0 aliphatic rings. The van der Waals surface area contributed by atoms with E-state index in [-0.39, 0.29) is 12.5 Å². The molecule has 3 heterocycles. The first-order valence-electron chi connectivity index (χ1n) is 8.72. The zero-order valence-electron chi connectivity index (χ0n) is 15.2. The maximum atomic E-state index is 12.1. The van der Waals surface area contributed by atoms with Crippen LogP contribution in [0.5, 0.6) is 0 Å². The molecule has 8 nitrogen and oxygen atoms in total. The highest BCUT2D eigenvalue weighted by Crippen LogP contribution is 2.22. The van der Waals surface area contributed by atoms with Gasteiger partial charge in [-0.25, -0.2) is 0 Å². The first-order chi connectivity index (χ1) is 13.7. The van der Waals surface area contributed by atoms with E-state index in [0.717, 1.165) is 5.75 Å². The molecule has 9 heteroatoms. The van der Waals surface area contributed by atoms with Crippen molar-refractivity contribution in [2.24, 2.45) is 0 Å². The number of aromatic nitrogens is 5. The summed E-state index contributed by atoms with van der Waals surface area (Å²) in [5.74, 6) is 2.73. The van der Waals surface area contributed by atoms with Gasteiger partial charge in [-0.05, 0) is 24.6 Å². The summed E-state index contributed by atoms with van der Waals surface area (Å²) in [4.78, 5) is 16.4. The second-order valence-electron chi connectivity index (χ2n) is 6.13. The van der Waals surface area contributed by atoms with Gasteiger partial charge in [-0.1, -0.05) is 35.5 Å². The molecule has 0 unspecified atom stereocenters. The quantitative estimate of drug-likeness (QED) is 0.514. The molecule has 1 amide bonds. The van der Waals surface area contributed by atoms with Crippen LogP contribution in [0.1, 0.15) is 17.2 Å². The van der Waals surface area contributed by atoms with Crippen molar-refractivity contribution in [3.8, 4) is 11.5 Å². The minimum Gasteiger partial charge on any atom is -0.348 e. The molecule has 142 valence electrons. The van der Waals surface area contributed by atoms with Crippen molar-refractivity contribution >= 4 is 23.3 Å². The average Bonchev–Trinajstić information content (AvgIpc) is 3.33. The maximum absolute atomic E-state index is 12.1. The van der Waals surface area contributed by atoms with Gasteiger partial charge in [0.15, 0.2) is 17.3 Å². The Morgan fingerprint density at radius 1 is 1.18 bits per heavy atom. The number of aryl methyl sites for hydroxylation is 1. The normalized spacial score (nSPS) is 11.0. The summed E-state index contributed by atoms with van der Waals surface area (Å²) < 4.78 is 7.04. The molecule has 3 aromatic heterocycles. The van der Waals surface area contributed by atoms with Gasteiger partial charge in [0.25, 0.3) is 5.89 Å². The van der Waals surface area contributed by atoms with Crippen molar-refractivity contribution in [3.05, 3.63) is 65.9 Å². The van der Waals surface area contributed by atoms with Crippen LogP contribution in [0.3, 0.4) is 0 Å². The summed E-state index contributed by atoms with van der Waals surface area (Å²) >= 11 is 1.57. The Labute approximate surface area is 165 Å². The number of fused-ring (bicyclic) bond motifs is 1. The molecule has 0 atom stereocenters. The third-order valence-corrected chi connectivity index (χ3v) is 5.06. The first-order valence-corrected chi connectivity index (χ1v) is 9.88. The van der Waals surface area contributed by atoms with Gasteiger partial charge in [0.1, 0.15) is 0 Å². The van der Waals surface area contributed by atoms with Crippen molar-refractivity contribution in [1.82, 2.24) is 30.1 Å². The Kier molecular flexibility index (Phi) is 5.34. The van der Waals surface area contributed by atoms with Crippen LogP contribution in [0.2, 0.25) is 0 Å². The summed E-state index contributed by atoms with van der Waals surface area (Å²) in [7, 11) is 0. The van der Waals surface area contributed by atoms with Crippen LogP contribution in [-0.2, 0) is 17.1 Å². The Hall–Kier alpha value is -3.20. The van der Waals surface area contributed by atoms with E-state index in [0.29, 0.717) is 34.5 Å². The van der Waals surface area contributed by atoms with E-state index < -0.39 is 0 Å². The minimum absolute atomic E-state index is 0.0404. The number of pyridine rings is 1. The summed E-state index contributed by atoms with van der Waals surface area (Å²) in [5, 5.41) is 15.1. The van der Waals surface area contributed by atoms with Crippen LogP contribution in [0.4, 0.5) is 0 Å². The average molecular weight is 394 g/mol. The van der Waals surface area contributed by atoms with Gasteiger partial charge in [0.2, 0.25) is 5.91 Å². The molecule has 1 N–H and O–H groups in total. The SMILES string of the molecule is Cc1noc(-c2cccn3c(CNC(=O)CSCc4ccccc4)nnc23)n1. The molecule has 4 aromatic rings. The van der Waals surface area contributed by atoms with E-state index in [1.165, 1.54) is 5.56 Å². The molecule has 0 saturated carbocycles. The molecule has 0 saturated heterocycles. The van der Waals surface area contributed by atoms with E-state index in [4.69, 9.17) is 4.52 Å². The molecule has 0 aliphatic heterocycles. The third kappa shape index (κ3) is 4.04. The van der Waals surface area contributed by atoms with E-state index in [1.807, 2.05) is 40.9 Å². The lowest BCUT2D eigenvalue weighted by atomic mass is 10.2. The molecule has 0 fully saturated rings. The van der Waals surface area contributed by atoms with Gasteiger partial charge in [0, 0.05) is 11.9 Å². The first kappa shape index (κ1) is 18.2. The predicted molar refractivity (Wildman–Crippen MR) is 105 cm³/mol. The second-order valence-corrected chi connectivity index (χ2v) is 7.12. The van der Waals surface area contributed by atoms with Gasteiger partial charge < -0.3 is 9.84 Å². The van der Waals surface area contributed by atoms with Crippen LogP contribution in [0.15, 0.2) is 53.2 Å². The largest absolute Gasteiger partial charge is 0.348 e. The number of carbonyl (C=O) groups excluding carboxylic acids is 1. The number of thioether (sulfide) groups is 1. The zero-order valence-corrected chi connectivity index (χ0v) is 16.0. The van der Waals surface area contributed by atoms with Crippen molar-refractivity contribution in [3.63, 3.8) is 0 Å². The van der Waals surface area contributed by atoms with Gasteiger partial charge >= 0.3 is 0 Å². The van der Waals surface area contributed by atoms with Gasteiger partial charge in [-0.2, -0.15) is 4.98 Å². The van der Waals surface area contributed by atoms with Crippen LogP contribution < -0.4 is 5.32 Å². The number of rotatable bonds is 7. The Morgan fingerprint density at radius 2 is 2.04 bits per heavy atom. The summed E-state index contributed by atoms with van der Waals surface area (Å²) in [6, 6.07) is 13.8. The fraction of sp³-hybridized carbons (Fsp3) is 0.211. The second kappa shape index (κ2) is 8.22. The van der Waals surface area contributed by atoms with E-state index in [9.17, 15) is 4.79 Å². The Balaban J connectivity index is 1.38. The number of amides is 1. The molecule has 0 spiro atoms. The van der Waals surface area contributed by atoms with E-state index in [1.54, 1.807) is 18.7 Å². The number of benzene rings is 1. The minimum atomic E-state index is -0.0404. The molecule has 28 heavy (non-hydrogen) atoms. The summed E-state index contributed by atoms with van der Waals surface area (Å²) in [5.41, 5.74) is 2.51. The Morgan fingerprint density at radius 3 is 2.82 bits per heavy atom. The molecular weight excluding hydrogens is 376 g/mol. The lowest BCUT2D eigenvalue weighted by molar-refractivity contribution is -0.118. The van der Waals surface area contributed by atoms with Crippen molar-refractivity contribution < 1.29 is 9.32 Å². The van der Waals surface area contributed by atoms with Crippen molar-refractivity contribution in [2.45, 2.75) is 19.2 Å². The van der Waals surface area contributed by atoms with E-state index in [2.05, 4.69) is 37.8 Å².